The van der Waals surface area contributed by atoms with Gasteiger partial charge in [0.1, 0.15) is 16.9 Å². The van der Waals surface area contributed by atoms with Gasteiger partial charge >= 0.3 is 0 Å². The van der Waals surface area contributed by atoms with Gasteiger partial charge in [-0.3, -0.25) is 4.79 Å². The predicted molar refractivity (Wildman–Crippen MR) is 67.6 cm³/mol. The van der Waals surface area contributed by atoms with Crippen LogP contribution in [0.15, 0.2) is 24.3 Å². The van der Waals surface area contributed by atoms with E-state index in [0.717, 1.165) is 0 Å². The fourth-order valence-electron chi connectivity index (χ4n) is 1.51. The molecule has 1 N–H and O–H groups in total. The Morgan fingerprint density at radius 2 is 2.11 bits per heavy atom. The number of rotatable bonds is 2. The van der Waals surface area contributed by atoms with Gasteiger partial charge in [-0.25, -0.2) is 9.07 Å². The van der Waals surface area contributed by atoms with Crippen molar-refractivity contribution in [1.82, 2.24) is 9.78 Å². The first kappa shape index (κ1) is 13.1. The van der Waals surface area contributed by atoms with Crippen LogP contribution < -0.4 is 5.32 Å². The van der Waals surface area contributed by atoms with Gasteiger partial charge in [0.05, 0.1) is 5.69 Å². The number of hydrogen-bond acceptors (Lipinski definition) is 3. The van der Waals surface area contributed by atoms with Crippen molar-refractivity contribution < 1.29 is 9.18 Å². The summed E-state index contributed by atoms with van der Waals surface area (Å²) in [4.78, 5) is 11.1. The minimum absolute atomic E-state index is 0.0188. The van der Waals surface area contributed by atoms with Gasteiger partial charge < -0.3 is 5.32 Å². The van der Waals surface area contributed by atoms with E-state index in [1.165, 1.54) is 35.9 Å². The van der Waals surface area contributed by atoms with E-state index in [1.807, 2.05) is 6.07 Å². The summed E-state index contributed by atoms with van der Waals surface area (Å²) in [7, 11) is 0. The Hall–Kier alpha value is -2.39. The monoisotopic (exact) mass is 278 g/mol. The van der Waals surface area contributed by atoms with Crippen molar-refractivity contribution in [3.63, 3.8) is 0 Å². The number of anilines is 1. The van der Waals surface area contributed by atoms with E-state index < -0.39 is 5.82 Å². The smallest absolute Gasteiger partial charge is 0.222 e. The molecule has 7 heteroatoms. The van der Waals surface area contributed by atoms with E-state index in [9.17, 15) is 9.18 Å². The molecule has 0 aliphatic carbocycles. The number of amides is 1. The Morgan fingerprint density at radius 1 is 1.47 bits per heavy atom. The van der Waals surface area contributed by atoms with Gasteiger partial charge in [0, 0.05) is 6.92 Å². The van der Waals surface area contributed by atoms with E-state index in [-0.39, 0.29) is 22.4 Å². The third kappa shape index (κ3) is 2.56. The molecule has 19 heavy (non-hydrogen) atoms. The second-order valence-electron chi connectivity index (χ2n) is 3.69. The van der Waals surface area contributed by atoms with Crippen LogP contribution in [0.5, 0.6) is 0 Å². The maximum Gasteiger partial charge on any atom is 0.222 e. The van der Waals surface area contributed by atoms with Crippen molar-refractivity contribution in [2.75, 3.05) is 5.32 Å². The number of nitriles is 1. The Kier molecular flexibility index (Phi) is 3.49. The molecule has 2 rings (SSSR count). The number of nitrogens with one attached hydrogen (secondary N) is 1. The predicted octanol–water partition coefficient (Wildman–Crippen LogP) is 2.49. The Labute approximate surface area is 113 Å². The minimum Gasteiger partial charge on any atom is -0.310 e. The fraction of sp³-hybridized carbons (Fsp3) is 0.0833. The Bertz CT molecular complexity index is 672. The third-order valence-corrected chi connectivity index (χ3v) is 2.66. The normalized spacial score (nSPS) is 10.0. The Morgan fingerprint density at radius 3 is 2.63 bits per heavy atom. The minimum atomic E-state index is -0.399. The largest absolute Gasteiger partial charge is 0.310 e. The second-order valence-corrected chi connectivity index (χ2v) is 4.07. The molecule has 0 fully saturated rings. The van der Waals surface area contributed by atoms with Gasteiger partial charge in [0.15, 0.2) is 11.5 Å². The maximum absolute atomic E-state index is 12.9. The SMILES string of the molecule is CC(=O)Nc1c(Cl)c(C#N)nn1-c1ccc(F)cc1. The number of benzene rings is 1. The van der Waals surface area contributed by atoms with E-state index in [2.05, 4.69) is 10.4 Å². The van der Waals surface area contributed by atoms with Crippen LogP contribution in [0.2, 0.25) is 5.02 Å². The van der Waals surface area contributed by atoms with E-state index >= 15 is 0 Å². The molecule has 0 bridgehead atoms. The van der Waals surface area contributed by atoms with Crippen molar-refractivity contribution in [3.05, 3.63) is 40.8 Å². The topological polar surface area (TPSA) is 70.7 Å². The van der Waals surface area contributed by atoms with Crippen LogP contribution in [0.25, 0.3) is 5.69 Å². The molecule has 0 radical (unpaired) electrons. The van der Waals surface area contributed by atoms with Gasteiger partial charge in [0.2, 0.25) is 5.91 Å². The van der Waals surface area contributed by atoms with Crippen LogP contribution in [-0.4, -0.2) is 15.7 Å². The molecule has 0 saturated carbocycles. The average Bonchev–Trinajstić information content (AvgIpc) is 2.67. The molecule has 0 saturated heterocycles. The van der Waals surface area contributed by atoms with Crippen LogP contribution in [0.1, 0.15) is 12.6 Å². The average molecular weight is 279 g/mol. The molecule has 1 aromatic carbocycles. The zero-order valence-corrected chi connectivity index (χ0v) is 10.6. The molecule has 1 heterocycles. The molecule has 1 aromatic heterocycles. The summed E-state index contributed by atoms with van der Waals surface area (Å²) < 4.78 is 14.2. The standard InChI is InChI=1S/C12H8ClFN4O/c1-7(19)16-12-11(13)10(6-15)17-18(12)9-4-2-8(14)3-5-9/h2-5H,1H3,(H,16,19). The van der Waals surface area contributed by atoms with Crippen molar-refractivity contribution >= 4 is 23.3 Å². The van der Waals surface area contributed by atoms with Crippen LogP contribution in [-0.2, 0) is 4.79 Å². The van der Waals surface area contributed by atoms with Crippen LogP contribution in [0.3, 0.4) is 0 Å². The second kappa shape index (κ2) is 5.08. The summed E-state index contributed by atoms with van der Waals surface area (Å²) in [6.45, 7) is 1.31. The number of aromatic nitrogens is 2. The molecule has 5 nitrogen and oxygen atoms in total. The van der Waals surface area contributed by atoms with Gasteiger partial charge in [-0.15, -0.1) is 0 Å². The lowest BCUT2D eigenvalue weighted by atomic mass is 10.3. The van der Waals surface area contributed by atoms with Gasteiger partial charge in [-0.2, -0.15) is 10.4 Å². The summed E-state index contributed by atoms with van der Waals surface area (Å²) in [6, 6.07) is 7.24. The first-order chi connectivity index (χ1) is 9.02. The molecule has 0 aliphatic heterocycles. The third-order valence-electron chi connectivity index (χ3n) is 2.30. The number of nitrogens with zero attached hydrogens (tertiary/aromatic N) is 3. The highest BCUT2D eigenvalue weighted by atomic mass is 35.5. The highest BCUT2D eigenvalue weighted by Gasteiger charge is 2.18. The van der Waals surface area contributed by atoms with E-state index in [0.29, 0.717) is 5.69 Å². The quantitative estimate of drug-likeness (QED) is 0.917. The van der Waals surface area contributed by atoms with Gasteiger partial charge in [0.25, 0.3) is 0 Å². The van der Waals surface area contributed by atoms with Crippen LogP contribution >= 0.6 is 11.6 Å². The number of carbonyl (C=O) groups is 1. The molecular formula is C12H8ClFN4O. The maximum atomic E-state index is 12.9. The zero-order chi connectivity index (χ0) is 14.0. The first-order valence-electron chi connectivity index (χ1n) is 5.25. The molecule has 0 atom stereocenters. The first-order valence-corrected chi connectivity index (χ1v) is 5.63. The molecule has 0 unspecified atom stereocenters. The lowest BCUT2D eigenvalue weighted by molar-refractivity contribution is -0.114. The lowest BCUT2D eigenvalue weighted by Crippen LogP contribution is -2.11. The molecule has 0 spiro atoms. The van der Waals surface area contributed by atoms with Crippen LogP contribution in [0, 0.1) is 17.1 Å². The molecule has 1 amide bonds. The zero-order valence-electron chi connectivity index (χ0n) is 9.82. The van der Waals surface area contributed by atoms with E-state index in [4.69, 9.17) is 16.9 Å². The van der Waals surface area contributed by atoms with Gasteiger partial charge in [-0.1, -0.05) is 11.6 Å². The number of halogens is 2. The molecule has 0 aliphatic rings. The summed E-state index contributed by atoms with van der Waals surface area (Å²) >= 11 is 5.96. The number of carbonyl (C=O) groups excluding carboxylic acids is 1. The van der Waals surface area contributed by atoms with E-state index in [1.54, 1.807) is 0 Å². The molecule has 2 aromatic rings. The Balaban J connectivity index is 2.58. The molecular weight excluding hydrogens is 271 g/mol. The number of hydrogen-bond donors (Lipinski definition) is 1. The van der Waals surface area contributed by atoms with Crippen molar-refractivity contribution in [2.45, 2.75) is 6.92 Å². The van der Waals surface area contributed by atoms with Crippen molar-refractivity contribution in [1.29, 1.82) is 5.26 Å². The highest BCUT2D eigenvalue weighted by Crippen LogP contribution is 2.28. The van der Waals surface area contributed by atoms with Crippen molar-refractivity contribution in [3.8, 4) is 11.8 Å². The molecule has 96 valence electrons. The summed E-state index contributed by atoms with van der Waals surface area (Å²) in [6.07, 6.45) is 0. The van der Waals surface area contributed by atoms with Crippen molar-refractivity contribution in [2.24, 2.45) is 0 Å². The van der Waals surface area contributed by atoms with Crippen LogP contribution in [0.4, 0.5) is 10.2 Å². The van der Waals surface area contributed by atoms with Gasteiger partial charge in [-0.05, 0) is 24.3 Å². The summed E-state index contributed by atoms with van der Waals surface area (Å²) in [5.74, 6) is -0.574. The highest BCUT2D eigenvalue weighted by molar-refractivity contribution is 6.34. The summed E-state index contributed by atoms with van der Waals surface area (Å²) in [5, 5.41) is 15.4. The lowest BCUT2D eigenvalue weighted by Gasteiger charge is -2.07. The fourth-order valence-corrected chi connectivity index (χ4v) is 1.72. The summed E-state index contributed by atoms with van der Waals surface area (Å²) in [5.41, 5.74) is 0.461.